The number of benzene rings is 1. The summed E-state index contributed by atoms with van der Waals surface area (Å²) >= 11 is 0. The summed E-state index contributed by atoms with van der Waals surface area (Å²) in [6.45, 7) is -1.45. The summed E-state index contributed by atoms with van der Waals surface area (Å²) in [4.78, 5) is 16.2. The van der Waals surface area contributed by atoms with Gasteiger partial charge in [0.25, 0.3) is 5.56 Å². The van der Waals surface area contributed by atoms with Crippen molar-refractivity contribution in [2.24, 2.45) is 7.05 Å². The van der Waals surface area contributed by atoms with E-state index in [-0.39, 0.29) is 28.1 Å². The van der Waals surface area contributed by atoms with Gasteiger partial charge in [0.1, 0.15) is 11.3 Å². The third kappa shape index (κ3) is 4.60. The first-order valence-electron chi connectivity index (χ1n) is 7.80. The summed E-state index contributed by atoms with van der Waals surface area (Å²) in [5.74, 6) is 0.248. The fraction of sp³-hybridized carbons (Fsp3) is 0.294. The molecule has 0 radical (unpaired) electrons. The highest BCUT2D eigenvalue weighted by Gasteiger charge is 2.29. The second kappa shape index (κ2) is 8.15. The van der Waals surface area contributed by atoms with E-state index >= 15 is 0 Å². The molecule has 1 aromatic carbocycles. The van der Waals surface area contributed by atoms with Gasteiger partial charge in [0, 0.05) is 41.6 Å². The quantitative estimate of drug-likeness (QED) is 0.631. The molecule has 1 atom stereocenters. The molecular weight excluding hydrogens is 399 g/mol. The van der Waals surface area contributed by atoms with Crippen LogP contribution < -0.4 is 10.3 Å². The predicted molar refractivity (Wildman–Crippen MR) is 98.8 cm³/mol. The van der Waals surface area contributed by atoms with Crippen LogP contribution in [0.25, 0.3) is 16.8 Å². The monoisotopic (exact) mass is 417 g/mol. The average molecular weight is 417 g/mol. The summed E-state index contributed by atoms with van der Waals surface area (Å²) in [6.07, 6.45) is 1.33. The molecule has 0 saturated carbocycles. The number of nitrogens with zero attached hydrogens (tertiary/aromatic N) is 3. The highest BCUT2D eigenvalue weighted by atomic mass is 32.2. The van der Waals surface area contributed by atoms with Crippen LogP contribution in [0.5, 0.6) is 5.75 Å². The molecule has 152 valence electrons. The lowest BCUT2D eigenvalue weighted by molar-refractivity contribution is -0.153. The smallest absolute Gasteiger partial charge is 0.422 e. The second-order valence-electron chi connectivity index (χ2n) is 6.03. The number of aromatic nitrogens is 3. The molecule has 1 unspecified atom stereocenters. The van der Waals surface area contributed by atoms with E-state index in [1.165, 1.54) is 40.0 Å². The maximum Gasteiger partial charge on any atom is 0.422 e. The number of imidazole rings is 1. The van der Waals surface area contributed by atoms with Crippen LogP contribution in [-0.2, 0) is 23.6 Å². The lowest BCUT2D eigenvalue weighted by Gasteiger charge is -2.16. The van der Waals surface area contributed by atoms with Crippen molar-refractivity contribution in [2.75, 3.05) is 12.9 Å². The van der Waals surface area contributed by atoms with E-state index in [9.17, 15) is 22.2 Å². The Bertz CT molecular complexity index is 1080. The van der Waals surface area contributed by atoms with Crippen LogP contribution in [0.2, 0.25) is 0 Å². The molecule has 0 bridgehead atoms. The molecule has 0 spiro atoms. The Morgan fingerprint density at radius 1 is 1.29 bits per heavy atom. The molecular formula is C17H18F3N3O4S. The van der Waals surface area contributed by atoms with Gasteiger partial charge in [-0.3, -0.25) is 13.4 Å². The van der Waals surface area contributed by atoms with E-state index in [0.717, 1.165) is 0 Å². The molecule has 2 aromatic heterocycles. The van der Waals surface area contributed by atoms with E-state index in [0.29, 0.717) is 16.8 Å². The maximum absolute atomic E-state index is 12.6. The molecule has 0 fully saturated rings. The molecule has 0 aliphatic rings. The number of rotatable bonds is 5. The summed E-state index contributed by atoms with van der Waals surface area (Å²) in [5.41, 5.74) is 1.44. The third-order valence-corrected chi connectivity index (χ3v) is 4.57. The van der Waals surface area contributed by atoms with Crippen molar-refractivity contribution in [2.45, 2.75) is 11.9 Å². The molecule has 2 N–H and O–H groups in total. The van der Waals surface area contributed by atoms with E-state index in [2.05, 4.69) is 4.98 Å². The normalized spacial score (nSPS) is 12.6. The number of hydrogen-bond acceptors (Lipinski definition) is 4. The standard InChI is InChI=1S/C17H16F3N3O3S.H2O/c1-22-7-14(23-10-21-6-13(23)16(22)24)12-5-11(8-27(2)25)3-4-15(12)26-9-17(18,19)20;/h3-7,10H,8-9H2,1-2H3;1H2. The molecule has 0 aliphatic heterocycles. The highest BCUT2D eigenvalue weighted by molar-refractivity contribution is 7.83. The van der Waals surface area contributed by atoms with Gasteiger partial charge in [-0.2, -0.15) is 13.2 Å². The van der Waals surface area contributed by atoms with E-state index in [1.54, 1.807) is 19.2 Å². The SMILES string of the molecule is Cn1cc(-c2cc(CS(C)=O)ccc2OCC(F)(F)F)n2cncc2c1=O.O. The van der Waals surface area contributed by atoms with Crippen molar-refractivity contribution in [1.29, 1.82) is 0 Å². The minimum Gasteiger partial charge on any atom is -0.483 e. The van der Waals surface area contributed by atoms with Gasteiger partial charge in [-0.05, 0) is 17.7 Å². The van der Waals surface area contributed by atoms with Gasteiger partial charge in [0.15, 0.2) is 6.61 Å². The van der Waals surface area contributed by atoms with Gasteiger partial charge in [-0.25, -0.2) is 4.98 Å². The van der Waals surface area contributed by atoms with Gasteiger partial charge >= 0.3 is 6.18 Å². The fourth-order valence-corrected chi connectivity index (χ4v) is 3.37. The molecule has 3 rings (SSSR count). The van der Waals surface area contributed by atoms with E-state index < -0.39 is 23.6 Å². The molecule has 0 amide bonds. The maximum atomic E-state index is 12.6. The zero-order valence-electron chi connectivity index (χ0n) is 15.0. The summed E-state index contributed by atoms with van der Waals surface area (Å²) < 4.78 is 57.2. The van der Waals surface area contributed by atoms with Gasteiger partial charge in [-0.1, -0.05) is 6.07 Å². The third-order valence-electron chi connectivity index (χ3n) is 3.83. The van der Waals surface area contributed by atoms with Gasteiger partial charge in [-0.15, -0.1) is 0 Å². The Morgan fingerprint density at radius 3 is 2.64 bits per heavy atom. The molecule has 0 aliphatic carbocycles. The Kier molecular flexibility index (Phi) is 6.30. The van der Waals surface area contributed by atoms with Crippen LogP contribution in [0.3, 0.4) is 0 Å². The van der Waals surface area contributed by atoms with Gasteiger partial charge in [0.2, 0.25) is 0 Å². The lowest BCUT2D eigenvalue weighted by Crippen LogP contribution is -2.21. The van der Waals surface area contributed by atoms with Gasteiger partial charge in [0.05, 0.1) is 18.2 Å². The van der Waals surface area contributed by atoms with E-state index in [4.69, 9.17) is 4.74 Å². The number of hydrogen-bond donors (Lipinski definition) is 0. The lowest BCUT2D eigenvalue weighted by atomic mass is 10.1. The molecule has 3 aromatic rings. The van der Waals surface area contributed by atoms with Crippen LogP contribution in [0.15, 0.2) is 41.7 Å². The number of halogens is 3. The zero-order valence-corrected chi connectivity index (χ0v) is 15.8. The number of fused-ring (bicyclic) bond motifs is 1. The van der Waals surface area contributed by atoms with Crippen molar-refractivity contribution in [3.05, 3.63) is 52.8 Å². The van der Waals surface area contributed by atoms with Crippen LogP contribution in [-0.4, -0.2) is 42.7 Å². The van der Waals surface area contributed by atoms with Crippen LogP contribution >= 0.6 is 0 Å². The van der Waals surface area contributed by atoms with Crippen molar-refractivity contribution >= 4 is 16.3 Å². The van der Waals surface area contributed by atoms with Crippen LogP contribution in [0.1, 0.15) is 5.56 Å². The zero-order chi connectivity index (χ0) is 19.8. The largest absolute Gasteiger partial charge is 0.483 e. The molecule has 28 heavy (non-hydrogen) atoms. The van der Waals surface area contributed by atoms with Crippen molar-refractivity contribution < 1.29 is 27.6 Å². The molecule has 7 nitrogen and oxygen atoms in total. The topological polar surface area (TPSA) is 97.1 Å². The van der Waals surface area contributed by atoms with E-state index in [1.807, 2.05) is 0 Å². The summed E-state index contributed by atoms with van der Waals surface area (Å²) in [5, 5.41) is 0. The highest BCUT2D eigenvalue weighted by Crippen LogP contribution is 2.32. The van der Waals surface area contributed by atoms with Crippen LogP contribution in [0.4, 0.5) is 13.2 Å². The Morgan fingerprint density at radius 2 is 2.00 bits per heavy atom. The van der Waals surface area contributed by atoms with Gasteiger partial charge < -0.3 is 14.8 Å². The first-order chi connectivity index (χ1) is 12.7. The number of ether oxygens (including phenoxy) is 1. The molecule has 11 heteroatoms. The first kappa shape index (κ1) is 21.6. The van der Waals surface area contributed by atoms with Crippen LogP contribution in [0, 0.1) is 0 Å². The molecule has 0 saturated heterocycles. The minimum atomic E-state index is -4.49. The Labute approximate surface area is 160 Å². The van der Waals surface area contributed by atoms with Crippen molar-refractivity contribution in [1.82, 2.24) is 14.0 Å². The van der Waals surface area contributed by atoms with Crippen molar-refractivity contribution in [3.63, 3.8) is 0 Å². The Hall–Kier alpha value is -2.66. The first-order valence-corrected chi connectivity index (χ1v) is 9.53. The second-order valence-corrected chi connectivity index (χ2v) is 7.47. The summed E-state index contributed by atoms with van der Waals surface area (Å²) in [7, 11) is 0.413. The fourth-order valence-electron chi connectivity index (χ4n) is 2.72. The van der Waals surface area contributed by atoms with Crippen molar-refractivity contribution in [3.8, 4) is 17.0 Å². The predicted octanol–water partition coefficient (Wildman–Crippen LogP) is 1.69. The summed E-state index contributed by atoms with van der Waals surface area (Å²) in [6, 6.07) is 4.60. The Balaban J connectivity index is 0.00000280. The minimum absolute atomic E-state index is 0. The molecule has 2 heterocycles. The number of alkyl halides is 3. The average Bonchev–Trinajstić information content (AvgIpc) is 3.05. The number of aryl methyl sites for hydroxylation is 1.